The Kier molecular flexibility index (Phi) is 6.39. The van der Waals surface area contributed by atoms with E-state index in [1.165, 1.54) is 5.56 Å². The summed E-state index contributed by atoms with van der Waals surface area (Å²) in [5.41, 5.74) is 5.27. The highest BCUT2D eigenvalue weighted by molar-refractivity contribution is 6.05. The summed E-state index contributed by atoms with van der Waals surface area (Å²) in [6.07, 6.45) is 4.26. The fourth-order valence-electron chi connectivity index (χ4n) is 2.95. The first kappa shape index (κ1) is 20.3. The van der Waals surface area contributed by atoms with Gasteiger partial charge in [-0.1, -0.05) is 6.07 Å². The molecule has 0 fully saturated rings. The Morgan fingerprint density at radius 1 is 0.897 bits per heavy atom. The van der Waals surface area contributed by atoms with Gasteiger partial charge < -0.3 is 10.2 Å². The van der Waals surface area contributed by atoms with Crippen LogP contribution in [-0.4, -0.2) is 35.3 Å². The van der Waals surface area contributed by atoms with Gasteiger partial charge in [-0.25, -0.2) is 0 Å². The number of anilines is 1. The molecule has 3 rings (SSSR count). The third-order valence-corrected chi connectivity index (χ3v) is 4.99. The van der Waals surface area contributed by atoms with Gasteiger partial charge in [0.25, 0.3) is 11.8 Å². The number of nitrogens with zero attached hydrogens (tertiary/aromatic N) is 2. The molecule has 0 saturated carbocycles. The number of carbonyl (C=O) groups excluding carboxylic acids is 2. The number of amides is 2. The SMILES string of the molecule is Cc1ccc(NC(=O)c2ccc(C(=O)N(C)CCc3ccncc3)cc2)cc1C. The molecule has 0 saturated heterocycles. The first-order valence-electron chi connectivity index (χ1n) is 9.57. The highest BCUT2D eigenvalue weighted by Gasteiger charge is 2.13. The molecule has 5 nitrogen and oxygen atoms in total. The molecule has 0 aliphatic heterocycles. The van der Waals surface area contributed by atoms with Crippen LogP contribution in [0.3, 0.4) is 0 Å². The van der Waals surface area contributed by atoms with Crippen LogP contribution in [0.5, 0.6) is 0 Å². The van der Waals surface area contributed by atoms with Crippen LogP contribution in [0.4, 0.5) is 5.69 Å². The average Bonchev–Trinajstić information content (AvgIpc) is 2.75. The number of rotatable bonds is 6. The van der Waals surface area contributed by atoms with Gasteiger partial charge in [0.05, 0.1) is 0 Å². The molecule has 29 heavy (non-hydrogen) atoms. The Hall–Kier alpha value is -3.47. The number of carbonyl (C=O) groups is 2. The highest BCUT2D eigenvalue weighted by atomic mass is 16.2. The zero-order valence-electron chi connectivity index (χ0n) is 17.0. The van der Waals surface area contributed by atoms with Crippen LogP contribution < -0.4 is 5.32 Å². The van der Waals surface area contributed by atoms with Crippen LogP contribution in [0.15, 0.2) is 67.0 Å². The Morgan fingerprint density at radius 3 is 2.21 bits per heavy atom. The summed E-state index contributed by atoms with van der Waals surface area (Å²) in [6, 6.07) is 16.5. The van der Waals surface area contributed by atoms with E-state index in [2.05, 4.69) is 10.3 Å². The summed E-state index contributed by atoms with van der Waals surface area (Å²) in [5.74, 6) is -0.265. The van der Waals surface area contributed by atoms with E-state index in [0.717, 1.165) is 23.2 Å². The van der Waals surface area contributed by atoms with Gasteiger partial charge in [-0.05, 0) is 85.5 Å². The number of pyridine rings is 1. The van der Waals surface area contributed by atoms with Crippen LogP contribution in [0.25, 0.3) is 0 Å². The van der Waals surface area contributed by atoms with Crippen molar-refractivity contribution in [3.05, 3.63) is 94.8 Å². The number of aryl methyl sites for hydroxylation is 2. The molecule has 0 spiro atoms. The summed E-state index contributed by atoms with van der Waals surface area (Å²) in [6.45, 7) is 4.65. The molecule has 0 aliphatic carbocycles. The van der Waals surface area contributed by atoms with E-state index in [4.69, 9.17) is 0 Å². The molecule has 0 radical (unpaired) electrons. The largest absolute Gasteiger partial charge is 0.341 e. The lowest BCUT2D eigenvalue weighted by molar-refractivity contribution is 0.0796. The van der Waals surface area contributed by atoms with E-state index < -0.39 is 0 Å². The molecule has 148 valence electrons. The van der Waals surface area contributed by atoms with Crippen molar-refractivity contribution >= 4 is 17.5 Å². The van der Waals surface area contributed by atoms with Crippen molar-refractivity contribution in [3.8, 4) is 0 Å². The van der Waals surface area contributed by atoms with Crippen LogP contribution in [0.1, 0.15) is 37.4 Å². The molecule has 1 heterocycles. The quantitative estimate of drug-likeness (QED) is 0.687. The summed E-state index contributed by atoms with van der Waals surface area (Å²) >= 11 is 0. The van der Waals surface area contributed by atoms with Crippen molar-refractivity contribution in [3.63, 3.8) is 0 Å². The van der Waals surface area contributed by atoms with Gasteiger partial charge in [0, 0.05) is 42.8 Å². The molecule has 2 amide bonds. The van der Waals surface area contributed by atoms with E-state index in [-0.39, 0.29) is 11.8 Å². The Bertz CT molecular complexity index is 998. The van der Waals surface area contributed by atoms with Gasteiger partial charge in [0.2, 0.25) is 0 Å². The van der Waals surface area contributed by atoms with Crippen LogP contribution in [-0.2, 0) is 6.42 Å². The summed E-state index contributed by atoms with van der Waals surface area (Å²) < 4.78 is 0. The number of likely N-dealkylation sites (N-methyl/N-ethyl adjacent to an activating group) is 1. The van der Waals surface area contributed by atoms with Crippen molar-refractivity contribution in [1.82, 2.24) is 9.88 Å². The van der Waals surface area contributed by atoms with Crippen molar-refractivity contribution in [2.45, 2.75) is 20.3 Å². The van der Waals surface area contributed by atoms with E-state index in [9.17, 15) is 9.59 Å². The number of benzene rings is 2. The predicted molar refractivity (Wildman–Crippen MR) is 115 cm³/mol. The zero-order valence-corrected chi connectivity index (χ0v) is 17.0. The Morgan fingerprint density at radius 2 is 1.55 bits per heavy atom. The van der Waals surface area contributed by atoms with Crippen molar-refractivity contribution in [1.29, 1.82) is 0 Å². The standard InChI is InChI=1S/C24H25N3O2/c1-17-4-9-22(16-18(17)2)26-23(28)20-5-7-21(8-6-20)24(29)27(3)15-12-19-10-13-25-14-11-19/h4-11,13-14,16H,12,15H2,1-3H3,(H,26,28). The summed E-state index contributed by atoms with van der Waals surface area (Å²) in [4.78, 5) is 30.8. The highest BCUT2D eigenvalue weighted by Crippen LogP contribution is 2.16. The molecule has 2 aromatic carbocycles. The van der Waals surface area contributed by atoms with Crippen LogP contribution in [0.2, 0.25) is 0 Å². The number of hydrogen-bond donors (Lipinski definition) is 1. The Labute approximate surface area is 171 Å². The fourth-order valence-corrected chi connectivity index (χ4v) is 2.95. The normalized spacial score (nSPS) is 10.4. The lowest BCUT2D eigenvalue weighted by Gasteiger charge is -2.17. The van der Waals surface area contributed by atoms with Gasteiger partial charge in [-0.15, -0.1) is 0 Å². The van der Waals surface area contributed by atoms with Crippen LogP contribution in [0, 0.1) is 13.8 Å². The molecule has 1 aromatic heterocycles. The minimum Gasteiger partial charge on any atom is -0.341 e. The zero-order chi connectivity index (χ0) is 20.8. The molecular formula is C24H25N3O2. The maximum absolute atomic E-state index is 12.6. The Balaban J connectivity index is 1.60. The topological polar surface area (TPSA) is 62.3 Å². The van der Waals surface area contributed by atoms with Crippen molar-refractivity contribution < 1.29 is 9.59 Å². The second-order valence-corrected chi connectivity index (χ2v) is 7.16. The van der Waals surface area contributed by atoms with Gasteiger partial charge in [0.15, 0.2) is 0 Å². The van der Waals surface area contributed by atoms with Crippen molar-refractivity contribution in [2.75, 3.05) is 18.9 Å². The lowest BCUT2D eigenvalue weighted by Crippen LogP contribution is -2.28. The average molecular weight is 387 g/mol. The molecule has 0 aliphatic rings. The minimum atomic E-state index is -0.196. The van der Waals surface area contributed by atoms with E-state index >= 15 is 0 Å². The third-order valence-electron chi connectivity index (χ3n) is 4.99. The third kappa shape index (κ3) is 5.29. The second kappa shape index (κ2) is 9.15. The fraction of sp³-hybridized carbons (Fsp3) is 0.208. The van der Waals surface area contributed by atoms with E-state index in [1.54, 1.807) is 48.6 Å². The summed E-state index contributed by atoms with van der Waals surface area (Å²) in [7, 11) is 1.78. The van der Waals surface area contributed by atoms with Gasteiger partial charge >= 0.3 is 0 Å². The number of hydrogen-bond acceptors (Lipinski definition) is 3. The first-order chi connectivity index (χ1) is 13.9. The molecule has 1 N–H and O–H groups in total. The maximum Gasteiger partial charge on any atom is 0.255 e. The van der Waals surface area contributed by atoms with Gasteiger partial charge in [-0.2, -0.15) is 0 Å². The smallest absolute Gasteiger partial charge is 0.255 e. The molecule has 0 bridgehead atoms. The van der Waals surface area contributed by atoms with Gasteiger partial charge in [0.1, 0.15) is 0 Å². The lowest BCUT2D eigenvalue weighted by atomic mass is 10.1. The van der Waals surface area contributed by atoms with Crippen molar-refractivity contribution in [2.24, 2.45) is 0 Å². The molecule has 0 atom stereocenters. The minimum absolute atomic E-state index is 0.0693. The molecular weight excluding hydrogens is 362 g/mol. The summed E-state index contributed by atoms with van der Waals surface area (Å²) in [5, 5.41) is 2.90. The van der Waals surface area contributed by atoms with Crippen LogP contribution >= 0.6 is 0 Å². The molecule has 3 aromatic rings. The van der Waals surface area contributed by atoms with Gasteiger partial charge in [-0.3, -0.25) is 14.6 Å². The first-order valence-corrected chi connectivity index (χ1v) is 9.57. The molecule has 0 unspecified atom stereocenters. The number of aromatic nitrogens is 1. The predicted octanol–water partition coefficient (Wildman–Crippen LogP) is 4.27. The molecule has 5 heteroatoms. The van der Waals surface area contributed by atoms with E-state index in [0.29, 0.717) is 17.7 Å². The number of nitrogens with one attached hydrogen (secondary N) is 1. The monoisotopic (exact) mass is 387 g/mol. The second-order valence-electron chi connectivity index (χ2n) is 7.16. The van der Waals surface area contributed by atoms with E-state index in [1.807, 2.05) is 44.2 Å². The maximum atomic E-state index is 12.6.